The Kier molecular flexibility index (Phi) is 2.61. The zero-order valence-electron chi connectivity index (χ0n) is 7.85. The SMILES string of the molecule is OC/C=C\c1cccc2ccccc12. The van der Waals surface area contributed by atoms with Gasteiger partial charge in [-0.05, 0) is 16.3 Å². The van der Waals surface area contributed by atoms with E-state index in [-0.39, 0.29) is 6.61 Å². The van der Waals surface area contributed by atoms with E-state index in [9.17, 15) is 0 Å². The topological polar surface area (TPSA) is 20.2 Å². The molecule has 0 bridgehead atoms. The number of hydrogen-bond acceptors (Lipinski definition) is 1. The van der Waals surface area contributed by atoms with Gasteiger partial charge >= 0.3 is 0 Å². The first-order valence-electron chi connectivity index (χ1n) is 4.67. The molecule has 0 radical (unpaired) electrons. The summed E-state index contributed by atoms with van der Waals surface area (Å²) < 4.78 is 0. The molecule has 0 aliphatic rings. The minimum absolute atomic E-state index is 0.0865. The lowest BCUT2D eigenvalue weighted by Crippen LogP contribution is -1.78. The van der Waals surface area contributed by atoms with E-state index < -0.39 is 0 Å². The van der Waals surface area contributed by atoms with Gasteiger partial charge in [-0.2, -0.15) is 0 Å². The molecule has 0 heterocycles. The second-order valence-corrected chi connectivity index (χ2v) is 3.15. The third-order valence-corrected chi connectivity index (χ3v) is 2.23. The van der Waals surface area contributed by atoms with Gasteiger partial charge in [0.25, 0.3) is 0 Å². The lowest BCUT2D eigenvalue weighted by molar-refractivity contribution is 0.343. The number of benzene rings is 2. The van der Waals surface area contributed by atoms with Gasteiger partial charge in [0, 0.05) is 0 Å². The predicted molar refractivity (Wildman–Crippen MR) is 60.1 cm³/mol. The van der Waals surface area contributed by atoms with E-state index in [1.807, 2.05) is 24.3 Å². The van der Waals surface area contributed by atoms with Crippen molar-refractivity contribution in [3.8, 4) is 0 Å². The van der Waals surface area contributed by atoms with E-state index in [2.05, 4.69) is 24.3 Å². The Balaban J connectivity index is 2.59. The second kappa shape index (κ2) is 4.07. The standard InChI is InChI=1S/C13H12O/c14-10-4-8-12-7-3-6-11-5-1-2-9-13(11)12/h1-9,14H,10H2/b8-4-. The van der Waals surface area contributed by atoms with E-state index in [0.29, 0.717) is 0 Å². The average Bonchev–Trinajstić information content (AvgIpc) is 2.26. The molecule has 1 nitrogen and oxygen atoms in total. The third kappa shape index (κ3) is 1.68. The maximum atomic E-state index is 8.71. The number of aliphatic hydroxyl groups excluding tert-OH is 1. The molecule has 2 aromatic rings. The van der Waals surface area contributed by atoms with Crippen LogP contribution in [0.25, 0.3) is 16.8 Å². The summed E-state index contributed by atoms with van der Waals surface area (Å²) in [4.78, 5) is 0. The number of hydrogen-bond donors (Lipinski definition) is 1. The molecule has 0 spiro atoms. The van der Waals surface area contributed by atoms with Crippen molar-refractivity contribution in [3.05, 3.63) is 54.1 Å². The molecule has 14 heavy (non-hydrogen) atoms. The summed E-state index contributed by atoms with van der Waals surface area (Å²) in [5, 5.41) is 11.2. The molecule has 0 saturated heterocycles. The number of fused-ring (bicyclic) bond motifs is 1. The molecule has 2 aromatic carbocycles. The summed E-state index contributed by atoms with van der Waals surface area (Å²) in [7, 11) is 0. The molecule has 1 heteroatoms. The van der Waals surface area contributed by atoms with Crippen LogP contribution in [0.3, 0.4) is 0 Å². The fourth-order valence-corrected chi connectivity index (χ4v) is 1.58. The maximum Gasteiger partial charge on any atom is 0.0615 e. The van der Waals surface area contributed by atoms with E-state index >= 15 is 0 Å². The first kappa shape index (κ1) is 8.97. The molecule has 0 unspecified atom stereocenters. The lowest BCUT2D eigenvalue weighted by Gasteiger charge is -2.00. The zero-order valence-corrected chi connectivity index (χ0v) is 7.85. The first-order valence-corrected chi connectivity index (χ1v) is 4.67. The van der Waals surface area contributed by atoms with Crippen LogP contribution in [0, 0.1) is 0 Å². The summed E-state index contributed by atoms with van der Waals surface area (Å²) in [5.74, 6) is 0. The highest BCUT2D eigenvalue weighted by Gasteiger charge is 1.94. The van der Waals surface area contributed by atoms with Crippen LogP contribution >= 0.6 is 0 Å². The Morgan fingerprint density at radius 2 is 1.79 bits per heavy atom. The van der Waals surface area contributed by atoms with Gasteiger partial charge < -0.3 is 5.11 Å². The lowest BCUT2D eigenvalue weighted by atomic mass is 10.0. The van der Waals surface area contributed by atoms with Gasteiger partial charge in [-0.1, -0.05) is 54.6 Å². The van der Waals surface area contributed by atoms with Crippen molar-refractivity contribution in [2.75, 3.05) is 6.61 Å². The summed E-state index contributed by atoms with van der Waals surface area (Å²) in [5.41, 5.74) is 1.15. The molecule has 0 aliphatic carbocycles. The fraction of sp³-hybridized carbons (Fsp3) is 0.0769. The molecule has 70 valence electrons. The fourth-order valence-electron chi connectivity index (χ4n) is 1.58. The molecule has 2 rings (SSSR count). The highest BCUT2D eigenvalue weighted by atomic mass is 16.2. The summed E-state index contributed by atoms with van der Waals surface area (Å²) in [6, 6.07) is 14.4. The van der Waals surface area contributed by atoms with Crippen molar-refractivity contribution in [1.82, 2.24) is 0 Å². The van der Waals surface area contributed by atoms with E-state index in [0.717, 1.165) is 5.56 Å². The van der Waals surface area contributed by atoms with Crippen LogP contribution in [0.4, 0.5) is 0 Å². The Hall–Kier alpha value is -1.60. The number of rotatable bonds is 2. The van der Waals surface area contributed by atoms with Crippen LogP contribution in [-0.2, 0) is 0 Å². The normalized spacial score (nSPS) is 11.2. The van der Waals surface area contributed by atoms with Gasteiger partial charge in [-0.15, -0.1) is 0 Å². The first-order chi connectivity index (χ1) is 6.92. The van der Waals surface area contributed by atoms with E-state index in [1.54, 1.807) is 6.08 Å². The van der Waals surface area contributed by atoms with Crippen molar-refractivity contribution < 1.29 is 5.11 Å². The van der Waals surface area contributed by atoms with Crippen LogP contribution < -0.4 is 0 Å². The Morgan fingerprint density at radius 3 is 2.64 bits per heavy atom. The molecular formula is C13H12O. The van der Waals surface area contributed by atoms with Crippen molar-refractivity contribution in [1.29, 1.82) is 0 Å². The van der Waals surface area contributed by atoms with Crippen LogP contribution in [0.2, 0.25) is 0 Å². The Morgan fingerprint density at radius 1 is 1.00 bits per heavy atom. The van der Waals surface area contributed by atoms with Crippen LogP contribution in [0.5, 0.6) is 0 Å². The molecule has 1 N–H and O–H groups in total. The molecule has 0 amide bonds. The monoisotopic (exact) mass is 184 g/mol. The third-order valence-electron chi connectivity index (χ3n) is 2.23. The zero-order chi connectivity index (χ0) is 9.80. The van der Waals surface area contributed by atoms with Crippen molar-refractivity contribution in [2.24, 2.45) is 0 Å². The van der Waals surface area contributed by atoms with Gasteiger partial charge in [-0.25, -0.2) is 0 Å². The van der Waals surface area contributed by atoms with Gasteiger partial charge in [0.15, 0.2) is 0 Å². The van der Waals surface area contributed by atoms with E-state index in [1.165, 1.54) is 10.8 Å². The highest BCUT2D eigenvalue weighted by Crippen LogP contribution is 2.19. The summed E-state index contributed by atoms with van der Waals surface area (Å²) in [6.45, 7) is 0.0865. The van der Waals surface area contributed by atoms with Gasteiger partial charge in [0.05, 0.1) is 6.61 Å². The minimum atomic E-state index is 0.0865. The maximum absolute atomic E-state index is 8.71. The Labute approximate surface area is 83.3 Å². The van der Waals surface area contributed by atoms with Crippen LogP contribution in [-0.4, -0.2) is 11.7 Å². The largest absolute Gasteiger partial charge is 0.392 e. The van der Waals surface area contributed by atoms with E-state index in [4.69, 9.17) is 5.11 Å². The van der Waals surface area contributed by atoms with Crippen LogP contribution in [0.1, 0.15) is 5.56 Å². The van der Waals surface area contributed by atoms with Crippen molar-refractivity contribution >= 4 is 16.8 Å². The van der Waals surface area contributed by atoms with Gasteiger partial charge in [-0.3, -0.25) is 0 Å². The summed E-state index contributed by atoms with van der Waals surface area (Å²) >= 11 is 0. The van der Waals surface area contributed by atoms with Gasteiger partial charge in [0.2, 0.25) is 0 Å². The van der Waals surface area contributed by atoms with Gasteiger partial charge in [0.1, 0.15) is 0 Å². The smallest absolute Gasteiger partial charge is 0.0615 e. The number of aliphatic hydroxyl groups is 1. The quantitative estimate of drug-likeness (QED) is 0.760. The molecule has 0 fully saturated rings. The molecular weight excluding hydrogens is 172 g/mol. The summed E-state index contributed by atoms with van der Waals surface area (Å²) in [6.07, 6.45) is 3.70. The minimum Gasteiger partial charge on any atom is -0.392 e. The molecule has 0 atom stereocenters. The van der Waals surface area contributed by atoms with Crippen molar-refractivity contribution in [2.45, 2.75) is 0 Å². The molecule has 0 aromatic heterocycles. The van der Waals surface area contributed by atoms with Crippen molar-refractivity contribution in [3.63, 3.8) is 0 Å². The molecule has 0 aliphatic heterocycles. The Bertz CT molecular complexity index is 452. The predicted octanol–water partition coefficient (Wildman–Crippen LogP) is 2.85. The highest BCUT2D eigenvalue weighted by molar-refractivity contribution is 5.90. The van der Waals surface area contributed by atoms with Crippen LogP contribution in [0.15, 0.2) is 48.5 Å². The second-order valence-electron chi connectivity index (χ2n) is 3.15. The average molecular weight is 184 g/mol. The molecule has 0 saturated carbocycles.